The van der Waals surface area contributed by atoms with Crippen molar-refractivity contribution in [1.29, 1.82) is 0 Å². The highest BCUT2D eigenvalue weighted by atomic mass is 16.2. The first-order valence-corrected chi connectivity index (χ1v) is 8.53. The highest BCUT2D eigenvalue weighted by Gasteiger charge is 2.38. The van der Waals surface area contributed by atoms with Crippen molar-refractivity contribution < 1.29 is 4.79 Å². The van der Waals surface area contributed by atoms with E-state index in [2.05, 4.69) is 28.6 Å². The normalized spacial score (nSPS) is 22.2. The van der Waals surface area contributed by atoms with Crippen LogP contribution in [0.1, 0.15) is 52.9 Å². The first-order chi connectivity index (χ1) is 10.1. The van der Waals surface area contributed by atoms with Gasteiger partial charge in [-0.1, -0.05) is 26.7 Å². The second-order valence-corrected chi connectivity index (χ2v) is 6.96. The molecule has 0 saturated carbocycles. The first kappa shape index (κ1) is 16.4. The van der Waals surface area contributed by atoms with Crippen molar-refractivity contribution in [3.8, 4) is 11.8 Å². The largest absolute Gasteiger partial charge is 0.342 e. The van der Waals surface area contributed by atoms with Gasteiger partial charge in [-0.05, 0) is 44.2 Å². The van der Waals surface area contributed by atoms with E-state index in [0.717, 1.165) is 26.1 Å². The van der Waals surface area contributed by atoms with Gasteiger partial charge < -0.3 is 4.90 Å². The number of amides is 1. The van der Waals surface area contributed by atoms with E-state index in [1.165, 1.54) is 38.8 Å². The molecule has 2 heterocycles. The van der Waals surface area contributed by atoms with Crippen molar-refractivity contribution in [2.24, 2.45) is 11.3 Å². The van der Waals surface area contributed by atoms with Crippen LogP contribution in [0.15, 0.2) is 0 Å². The minimum atomic E-state index is 0.137. The van der Waals surface area contributed by atoms with Crippen LogP contribution in [0.5, 0.6) is 0 Å². The van der Waals surface area contributed by atoms with Gasteiger partial charge in [0.25, 0.3) is 0 Å². The van der Waals surface area contributed by atoms with Crippen LogP contribution >= 0.6 is 0 Å². The van der Waals surface area contributed by atoms with E-state index < -0.39 is 0 Å². The van der Waals surface area contributed by atoms with E-state index in [9.17, 15) is 4.79 Å². The van der Waals surface area contributed by atoms with E-state index >= 15 is 0 Å². The quantitative estimate of drug-likeness (QED) is 0.730. The molecular weight excluding hydrogens is 260 g/mol. The van der Waals surface area contributed by atoms with Crippen molar-refractivity contribution in [3.63, 3.8) is 0 Å². The number of rotatable bonds is 2. The summed E-state index contributed by atoms with van der Waals surface area (Å²) in [5.41, 5.74) is 0.502. The highest BCUT2D eigenvalue weighted by Crippen LogP contribution is 2.41. The van der Waals surface area contributed by atoms with Gasteiger partial charge in [-0.3, -0.25) is 9.69 Å². The van der Waals surface area contributed by atoms with Crippen molar-refractivity contribution in [3.05, 3.63) is 0 Å². The van der Waals surface area contributed by atoms with Gasteiger partial charge >= 0.3 is 0 Å². The number of piperidine rings is 2. The summed E-state index contributed by atoms with van der Waals surface area (Å²) in [6, 6.07) is 0. The summed E-state index contributed by atoms with van der Waals surface area (Å²) in [4.78, 5) is 16.6. The van der Waals surface area contributed by atoms with Gasteiger partial charge in [0, 0.05) is 25.4 Å². The maximum atomic E-state index is 12.1. The molecule has 0 aliphatic carbocycles. The number of nitrogens with zero attached hydrogens (tertiary/aromatic N) is 2. The topological polar surface area (TPSA) is 23.6 Å². The van der Waals surface area contributed by atoms with Crippen LogP contribution in [0.3, 0.4) is 0 Å². The molecule has 21 heavy (non-hydrogen) atoms. The van der Waals surface area contributed by atoms with E-state index in [1.54, 1.807) is 0 Å². The van der Waals surface area contributed by atoms with E-state index in [4.69, 9.17) is 0 Å². The summed E-state index contributed by atoms with van der Waals surface area (Å²) in [6.07, 6.45) is 5.91. The zero-order valence-electron chi connectivity index (χ0n) is 14.0. The Labute approximate surface area is 130 Å². The number of carbonyl (C=O) groups is 1. The summed E-state index contributed by atoms with van der Waals surface area (Å²) in [7, 11) is 0. The van der Waals surface area contributed by atoms with Crippen molar-refractivity contribution in [1.82, 2.24) is 9.80 Å². The molecule has 2 saturated heterocycles. The minimum absolute atomic E-state index is 0.137. The monoisotopic (exact) mass is 290 g/mol. The van der Waals surface area contributed by atoms with Crippen LogP contribution in [0, 0.1) is 23.2 Å². The predicted molar refractivity (Wildman–Crippen MR) is 86.8 cm³/mol. The molecule has 0 aromatic carbocycles. The Hall–Kier alpha value is -1.01. The second-order valence-electron chi connectivity index (χ2n) is 6.96. The minimum Gasteiger partial charge on any atom is -0.342 e. The fraction of sp³-hybridized carbons (Fsp3) is 0.833. The van der Waals surface area contributed by atoms with E-state index in [0.29, 0.717) is 11.3 Å². The maximum absolute atomic E-state index is 12.1. The lowest BCUT2D eigenvalue weighted by atomic mass is 9.71. The van der Waals surface area contributed by atoms with Gasteiger partial charge in [-0.25, -0.2) is 0 Å². The van der Waals surface area contributed by atoms with Gasteiger partial charge in [-0.15, -0.1) is 5.92 Å². The van der Waals surface area contributed by atoms with Gasteiger partial charge in [-0.2, -0.15) is 0 Å². The molecule has 1 amide bonds. The fourth-order valence-electron chi connectivity index (χ4n) is 3.54. The molecule has 0 aromatic heterocycles. The average molecular weight is 290 g/mol. The molecule has 2 aliphatic rings. The molecule has 0 N–H and O–H groups in total. The number of likely N-dealkylation sites (tertiary alicyclic amines) is 2. The van der Waals surface area contributed by atoms with Gasteiger partial charge in [0.15, 0.2) is 0 Å². The molecule has 0 unspecified atom stereocenters. The number of carbonyl (C=O) groups excluding carboxylic acids is 1. The average Bonchev–Trinajstić information content (AvgIpc) is 2.50. The molecule has 3 heteroatoms. The Bertz CT molecular complexity index is 401. The molecular formula is C18H30N2O. The Balaban J connectivity index is 1.79. The van der Waals surface area contributed by atoms with Gasteiger partial charge in [0.05, 0.1) is 6.54 Å². The zero-order chi connectivity index (χ0) is 15.3. The number of hydrogen-bond donors (Lipinski definition) is 0. The second kappa shape index (κ2) is 7.31. The van der Waals surface area contributed by atoms with E-state index in [1.807, 2.05) is 13.8 Å². The van der Waals surface area contributed by atoms with Crippen LogP contribution in [0.4, 0.5) is 0 Å². The number of hydrogen-bond acceptors (Lipinski definition) is 2. The molecule has 2 fully saturated rings. The zero-order valence-corrected chi connectivity index (χ0v) is 14.0. The summed E-state index contributed by atoms with van der Waals surface area (Å²) >= 11 is 0. The Morgan fingerprint density at radius 2 is 1.62 bits per heavy atom. The van der Waals surface area contributed by atoms with Crippen LogP contribution in [0.25, 0.3) is 0 Å². The summed E-state index contributed by atoms with van der Waals surface area (Å²) in [5.74, 6) is 6.88. The van der Waals surface area contributed by atoms with Crippen molar-refractivity contribution in [2.45, 2.75) is 52.9 Å². The van der Waals surface area contributed by atoms with Crippen LogP contribution in [0.2, 0.25) is 0 Å². The molecule has 0 radical (unpaired) electrons. The van der Waals surface area contributed by atoms with E-state index in [-0.39, 0.29) is 5.92 Å². The Morgan fingerprint density at radius 1 is 1.05 bits per heavy atom. The highest BCUT2D eigenvalue weighted by molar-refractivity contribution is 5.78. The predicted octanol–water partition coefficient (Wildman–Crippen LogP) is 2.76. The third-order valence-corrected chi connectivity index (χ3v) is 5.15. The maximum Gasteiger partial charge on any atom is 0.225 e. The summed E-state index contributed by atoms with van der Waals surface area (Å²) < 4.78 is 0. The molecule has 0 aromatic rings. The first-order valence-electron chi connectivity index (χ1n) is 8.53. The molecule has 118 valence electrons. The lowest BCUT2D eigenvalue weighted by molar-refractivity contribution is -0.137. The lowest BCUT2D eigenvalue weighted by Crippen LogP contribution is -2.49. The smallest absolute Gasteiger partial charge is 0.225 e. The third kappa shape index (κ3) is 4.23. The van der Waals surface area contributed by atoms with Crippen molar-refractivity contribution in [2.75, 3.05) is 32.7 Å². The molecule has 1 spiro atoms. The lowest BCUT2D eigenvalue weighted by Gasteiger charge is -2.47. The van der Waals surface area contributed by atoms with Gasteiger partial charge in [0.1, 0.15) is 0 Å². The summed E-state index contributed by atoms with van der Waals surface area (Å²) in [5, 5.41) is 0. The molecule has 2 aliphatic heterocycles. The third-order valence-electron chi connectivity index (χ3n) is 5.15. The molecule has 3 nitrogen and oxygen atoms in total. The Kier molecular flexibility index (Phi) is 5.70. The van der Waals surface area contributed by atoms with Gasteiger partial charge in [0.2, 0.25) is 5.91 Å². The SMILES string of the molecule is CCC#CCN1CCC2(CC1)CCN(C(=O)C(C)C)CC2. The van der Waals surface area contributed by atoms with Crippen LogP contribution < -0.4 is 0 Å². The fourth-order valence-corrected chi connectivity index (χ4v) is 3.54. The van der Waals surface area contributed by atoms with Crippen LogP contribution in [-0.2, 0) is 4.79 Å². The van der Waals surface area contributed by atoms with Crippen LogP contribution in [-0.4, -0.2) is 48.4 Å². The summed E-state index contributed by atoms with van der Waals surface area (Å²) in [6.45, 7) is 11.3. The van der Waals surface area contributed by atoms with Crippen molar-refractivity contribution >= 4 is 5.91 Å². The molecule has 0 bridgehead atoms. The standard InChI is InChI=1S/C18H30N2O/c1-4-5-6-11-19-12-7-18(8-13-19)9-14-20(15-10-18)17(21)16(2)3/h16H,4,7-15H2,1-3H3. The Morgan fingerprint density at radius 3 is 2.14 bits per heavy atom. The molecule has 0 atom stereocenters. The molecule has 2 rings (SSSR count).